The Balaban J connectivity index is 1.63. The van der Waals surface area contributed by atoms with Crippen molar-refractivity contribution in [2.45, 2.75) is 96.5 Å². The third-order valence-electron chi connectivity index (χ3n) is 8.20. The molecule has 0 radical (unpaired) electrons. The highest BCUT2D eigenvalue weighted by Gasteiger charge is 2.45. The molecule has 3 aliphatic rings. The van der Waals surface area contributed by atoms with E-state index in [1.807, 2.05) is 39.8 Å². The number of hydrogen-bond donors (Lipinski definition) is 4. The van der Waals surface area contributed by atoms with Gasteiger partial charge in [-0.1, -0.05) is 23.3 Å². The lowest BCUT2D eigenvalue weighted by Crippen LogP contribution is -2.60. The molecule has 222 valence electrons. The summed E-state index contributed by atoms with van der Waals surface area (Å²) in [6.45, 7) is 9.97. The van der Waals surface area contributed by atoms with Gasteiger partial charge in [0.1, 0.15) is 30.2 Å². The molecule has 4 N–H and O–H groups in total. The molecule has 40 heavy (non-hydrogen) atoms. The second kappa shape index (κ2) is 13.6. The number of carbonyl (C=O) groups excluding carboxylic acids is 1. The Morgan fingerprint density at radius 3 is 2.23 bits per heavy atom. The molecule has 1 aromatic carbocycles. The third kappa shape index (κ3) is 7.13. The SMILES string of the molecule is CC(C)=CCc1cc(C(=O)OC[C@H]2CCN3CCC[C@@H]23)cc(CC=C(C)C)c1O[C@@H]1O[C@H](CO)[C@@H](O)[C@H](O)[C@H]1O. The Morgan fingerprint density at radius 2 is 1.62 bits per heavy atom. The van der Waals surface area contributed by atoms with Gasteiger partial charge in [0.2, 0.25) is 6.29 Å². The number of aliphatic hydroxyl groups excluding tert-OH is 4. The van der Waals surface area contributed by atoms with E-state index in [9.17, 15) is 25.2 Å². The molecule has 0 saturated carbocycles. The number of fused-ring (bicyclic) bond motifs is 1. The number of allylic oxidation sites excluding steroid dienone is 4. The van der Waals surface area contributed by atoms with Crippen molar-refractivity contribution in [2.75, 3.05) is 26.3 Å². The van der Waals surface area contributed by atoms with Crippen molar-refractivity contribution in [1.29, 1.82) is 0 Å². The minimum atomic E-state index is -1.56. The van der Waals surface area contributed by atoms with E-state index < -0.39 is 37.3 Å². The summed E-state index contributed by atoms with van der Waals surface area (Å²) in [5.41, 5.74) is 4.00. The monoisotopic (exact) mass is 559 g/mol. The molecule has 7 atom stereocenters. The summed E-state index contributed by atoms with van der Waals surface area (Å²) in [5.74, 6) is 0.400. The zero-order valence-electron chi connectivity index (χ0n) is 24.1. The molecular formula is C31H45NO8. The van der Waals surface area contributed by atoms with Crippen LogP contribution in [0.4, 0.5) is 0 Å². The summed E-state index contributed by atoms with van der Waals surface area (Å²) in [7, 11) is 0. The lowest BCUT2D eigenvalue weighted by Gasteiger charge is -2.40. The molecule has 3 heterocycles. The van der Waals surface area contributed by atoms with Crippen molar-refractivity contribution < 1.29 is 39.4 Å². The number of aliphatic hydroxyl groups is 4. The highest BCUT2D eigenvalue weighted by molar-refractivity contribution is 5.90. The Labute approximate surface area is 237 Å². The molecule has 0 amide bonds. The molecule has 0 aromatic heterocycles. The van der Waals surface area contributed by atoms with Gasteiger partial charge in [0.05, 0.1) is 18.8 Å². The van der Waals surface area contributed by atoms with Gasteiger partial charge < -0.3 is 34.6 Å². The lowest BCUT2D eigenvalue weighted by atomic mass is 9.97. The number of carbonyl (C=O) groups is 1. The van der Waals surface area contributed by atoms with Crippen molar-refractivity contribution >= 4 is 5.97 Å². The first-order valence-electron chi connectivity index (χ1n) is 14.4. The first-order chi connectivity index (χ1) is 19.1. The van der Waals surface area contributed by atoms with Crippen LogP contribution < -0.4 is 4.74 Å². The number of ether oxygens (including phenoxy) is 3. The zero-order chi connectivity index (χ0) is 29.0. The smallest absolute Gasteiger partial charge is 0.338 e. The highest BCUT2D eigenvalue weighted by atomic mass is 16.7. The van der Waals surface area contributed by atoms with Gasteiger partial charge in [0.15, 0.2) is 0 Å². The summed E-state index contributed by atoms with van der Waals surface area (Å²) in [4.78, 5) is 15.8. The van der Waals surface area contributed by atoms with Gasteiger partial charge in [-0.15, -0.1) is 0 Å². The number of nitrogens with zero attached hydrogens (tertiary/aromatic N) is 1. The highest BCUT2D eigenvalue weighted by Crippen LogP contribution is 2.35. The fourth-order valence-electron chi connectivity index (χ4n) is 5.88. The summed E-state index contributed by atoms with van der Waals surface area (Å²) >= 11 is 0. The van der Waals surface area contributed by atoms with Gasteiger partial charge in [-0.05, 0) is 96.1 Å². The van der Waals surface area contributed by atoms with Gasteiger partial charge in [-0.3, -0.25) is 4.90 Å². The van der Waals surface area contributed by atoms with Gasteiger partial charge in [-0.25, -0.2) is 4.79 Å². The first-order valence-corrected chi connectivity index (χ1v) is 14.4. The molecular weight excluding hydrogens is 514 g/mol. The van der Waals surface area contributed by atoms with Crippen molar-refractivity contribution in [3.05, 3.63) is 52.1 Å². The molecule has 0 aliphatic carbocycles. The molecule has 0 spiro atoms. The topological polar surface area (TPSA) is 129 Å². The number of esters is 1. The maximum Gasteiger partial charge on any atom is 0.338 e. The first kappa shape index (κ1) is 30.7. The van der Waals surface area contributed by atoms with Crippen LogP contribution in [0.5, 0.6) is 5.75 Å². The van der Waals surface area contributed by atoms with Crippen molar-refractivity contribution in [3.8, 4) is 5.75 Å². The van der Waals surface area contributed by atoms with Crippen LogP contribution >= 0.6 is 0 Å². The molecule has 9 nitrogen and oxygen atoms in total. The normalized spacial score (nSPS) is 30.1. The summed E-state index contributed by atoms with van der Waals surface area (Å²) in [5, 5.41) is 40.8. The average Bonchev–Trinajstić information content (AvgIpc) is 3.54. The molecule has 3 saturated heterocycles. The van der Waals surface area contributed by atoms with Crippen molar-refractivity contribution in [2.24, 2.45) is 5.92 Å². The number of rotatable bonds is 10. The van der Waals surface area contributed by atoms with E-state index in [4.69, 9.17) is 14.2 Å². The molecule has 0 unspecified atom stereocenters. The number of hydrogen-bond acceptors (Lipinski definition) is 9. The van der Waals surface area contributed by atoms with Gasteiger partial charge in [-0.2, -0.15) is 0 Å². The third-order valence-corrected chi connectivity index (χ3v) is 8.20. The predicted molar refractivity (Wildman–Crippen MR) is 150 cm³/mol. The largest absolute Gasteiger partial charge is 0.462 e. The van der Waals surface area contributed by atoms with Crippen LogP contribution in [0.25, 0.3) is 0 Å². The predicted octanol–water partition coefficient (Wildman–Crippen LogP) is 2.52. The van der Waals surface area contributed by atoms with E-state index in [1.54, 1.807) is 12.1 Å². The average molecular weight is 560 g/mol. The van der Waals surface area contributed by atoms with Gasteiger partial charge in [0, 0.05) is 12.0 Å². The van der Waals surface area contributed by atoms with Crippen LogP contribution in [0.3, 0.4) is 0 Å². The maximum atomic E-state index is 13.3. The fraction of sp³-hybridized carbons (Fsp3) is 0.645. The van der Waals surface area contributed by atoms with Crippen molar-refractivity contribution in [3.63, 3.8) is 0 Å². The Hall–Kier alpha value is -2.27. The molecule has 9 heteroatoms. The van der Waals surface area contributed by atoms with Gasteiger partial charge in [0.25, 0.3) is 0 Å². The standard InChI is InChI=1S/C31H45NO8/c1-18(2)7-9-20-14-23(30(37)38-17-22-11-13-32-12-5-6-24(22)32)15-21(10-8-19(3)4)29(20)40-31-28(36)27(35)26(34)25(16-33)39-31/h7-8,14-15,22,24-28,31,33-36H,5-6,9-13,16-17H2,1-4H3/t22-,24+,25-,26-,27+,28-,31+/m1/s1. The quantitative estimate of drug-likeness (QED) is 0.252. The molecule has 3 aliphatic heterocycles. The molecule has 3 fully saturated rings. The Morgan fingerprint density at radius 1 is 0.975 bits per heavy atom. The van der Waals surface area contributed by atoms with Crippen LogP contribution in [0.15, 0.2) is 35.4 Å². The number of benzene rings is 1. The van der Waals surface area contributed by atoms with E-state index in [2.05, 4.69) is 4.90 Å². The van der Waals surface area contributed by atoms with E-state index in [-0.39, 0.29) is 5.97 Å². The minimum Gasteiger partial charge on any atom is -0.462 e. The van der Waals surface area contributed by atoms with Gasteiger partial charge >= 0.3 is 5.97 Å². The van der Waals surface area contributed by atoms with Crippen LogP contribution in [0.1, 0.15) is 68.4 Å². The van der Waals surface area contributed by atoms with E-state index >= 15 is 0 Å². The fourth-order valence-corrected chi connectivity index (χ4v) is 5.88. The van der Waals surface area contributed by atoms with E-state index in [0.717, 1.165) is 37.1 Å². The molecule has 0 bridgehead atoms. The summed E-state index contributed by atoms with van der Waals surface area (Å²) in [6.07, 6.45) is 1.34. The van der Waals surface area contributed by atoms with Crippen LogP contribution in [0.2, 0.25) is 0 Å². The van der Waals surface area contributed by atoms with Crippen LogP contribution in [-0.4, -0.2) is 94.3 Å². The zero-order valence-corrected chi connectivity index (χ0v) is 24.1. The second-order valence-corrected chi connectivity index (χ2v) is 11.8. The lowest BCUT2D eigenvalue weighted by molar-refractivity contribution is -0.277. The maximum absolute atomic E-state index is 13.3. The second-order valence-electron chi connectivity index (χ2n) is 11.8. The van der Waals surface area contributed by atoms with E-state index in [0.29, 0.717) is 53.8 Å². The van der Waals surface area contributed by atoms with Crippen molar-refractivity contribution in [1.82, 2.24) is 4.90 Å². The molecule has 4 rings (SSSR count). The van der Waals surface area contributed by atoms with Crippen LogP contribution in [0, 0.1) is 5.92 Å². The van der Waals surface area contributed by atoms with Crippen LogP contribution in [-0.2, 0) is 22.3 Å². The minimum absolute atomic E-state index is 0.357. The Bertz CT molecular complexity index is 1050. The summed E-state index contributed by atoms with van der Waals surface area (Å²) < 4.78 is 17.7. The summed E-state index contributed by atoms with van der Waals surface area (Å²) in [6, 6.07) is 4.01. The Kier molecular flexibility index (Phi) is 10.4. The molecule has 1 aromatic rings. The van der Waals surface area contributed by atoms with E-state index in [1.165, 1.54) is 6.42 Å².